The Morgan fingerprint density at radius 3 is 2.23 bits per heavy atom. The van der Waals surface area contributed by atoms with E-state index in [0.717, 1.165) is 46.5 Å². The van der Waals surface area contributed by atoms with Gasteiger partial charge in [-0.25, -0.2) is 13.1 Å². The number of ether oxygens (including phenoxy) is 2. The van der Waals surface area contributed by atoms with Gasteiger partial charge in [-0.3, -0.25) is 4.90 Å². The van der Waals surface area contributed by atoms with E-state index in [0.29, 0.717) is 6.04 Å². The molecule has 7 nitrogen and oxygen atoms in total. The Kier molecular flexibility index (Phi) is 11.2. The van der Waals surface area contributed by atoms with Crippen LogP contribution >= 0.6 is 0 Å². The third-order valence-corrected chi connectivity index (χ3v) is 11.2. The number of rotatable bonds is 13. The second-order valence-corrected chi connectivity index (χ2v) is 14.7. The second kappa shape index (κ2) is 15.7. The van der Waals surface area contributed by atoms with E-state index in [9.17, 15) is 13.5 Å². The average Bonchev–Trinajstić information content (AvgIpc) is 3.67. The van der Waals surface area contributed by atoms with Crippen molar-refractivity contribution in [2.75, 3.05) is 13.1 Å². The smallest absolute Gasteiger partial charge is 0.240 e. The molecule has 6 rings (SSSR count). The fourth-order valence-electron chi connectivity index (χ4n) is 7.00. The van der Waals surface area contributed by atoms with Gasteiger partial charge in [0, 0.05) is 37.2 Å². The van der Waals surface area contributed by atoms with E-state index in [4.69, 9.17) is 9.47 Å². The number of nitrogens with zero attached hydrogens (tertiary/aromatic N) is 1. The van der Waals surface area contributed by atoms with Crippen LogP contribution in [0.2, 0.25) is 0 Å². The molecule has 48 heavy (non-hydrogen) atoms. The van der Waals surface area contributed by atoms with Gasteiger partial charge in [-0.05, 0) is 52.8 Å². The highest BCUT2D eigenvalue weighted by molar-refractivity contribution is 7.89. The number of aliphatic hydroxyl groups excluding tert-OH is 1. The molecular weight excluding hydrogens is 621 g/mol. The fourth-order valence-corrected chi connectivity index (χ4v) is 8.03. The Morgan fingerprint density at radius 2 is 1.54 bits per heavy atom. The van der Waals surface area contributed by atoms with Crippen molar-refractivity contribution in [3.8, 4) is 11.1 Å². The van der Waals surface area contributed by atoms with E-state index >= 15 is 0 Å². The molecule has 0 bridgehead atoms. The molecule has 1 aliphatic carbocycles. The highest BCUT2D eigenvalue weighted by atomic mass is 32.2. The molecule has 1 saturated heterocycles. The molecule has 1 heterocycles. The lowest BCUT2D eigenvalue weighted by molar-refractivity contribution is -0.276. The summed E-state index contributed by atoms with van der Waals surface area (Å²) in [5.74, 6) is 0.0979. The third-order valence-electron chi connectivity index (χ3n) is 9.76. The van der Waals surface area contributed by atoms with Crippen molar-refractivity contribution in [2.24, 2.45) is 5.92 Å². The van der Waals surface area contributed by atoms with Crippen molar-refractivity contribution in [3.05, 3.63) is 138 Å². The van der Waals surface area contributed by atoms with Crippen molar-refractivity contribution >= 4 is 10.0 Å². The molecular formula is C40H46N2O5S. The molecule has 4 aromatic rings. The largest absolute Gasteiger partial charge is 0.392 e. The first kappa shape index (κ1) is 34.2. The van der Waals surface area contributed by atoms with E-state index in [1.165, 1.54) is 25.7 Å². The maximum Gasteiger partial charge on any atom is 0.240 e. The average molecular weight is 667 g/mol. The maximum atomic E-state index is 12.9. The van der Waals surface area contributed by atoms with Crippen LogP contribution in [-0.2, 0) is 32.6 Å². The number of benzene rings is 4. The van der Waals surface area contributed by atoms with Crippen molar-refractivity contribution in [1.29, 1.82) is 0 Å². The summed E-state index contributed by atoms with van der Waals surface area (Å²) in [7, 11) is -3.64. The molecule has 4 aromatic carbocycles. The van der Waals surface area contributed by atoms with E-state index < -0.39 is 16.3 Å². The molecule has 0 amide bonds. The highest BCUT2D eigenvalue weighted by Gasteiger charge is 2.40. The lowest BCUT2D eigenvalue weighted by Crippen LogP contribution is -2.47. The van der Waals surface area contributed by atoms with Crippen LogP contribution in [0.4, 0.5) is 0 Å². The van der Waals surface area contributed by atoms with Crippen LogP contribution in [0.1, 0.15) is 67.3 Å². The molecule has 2 fully saturated rings. The van der Waals surface area contributed by atoms with E-state index in [-0.39, 0.29) is 36.2 Å². The zero-order chi connectivity index (χ0) is 33.5. The first-order chi connectivity index (χ1) is 23.4. The Labute approximate surface area is 285 Å². The number of hydrogen-bond acceptors (Lipinski definition) is 6. The van der Waals surface area contributed by atoms with Crippen LogP contribution in [-0.4, -0.2) is 43.7 Å². The van der Waals surface area contributed by atoms with Gasteiger partial charge in [0.2, 0.25) is 10.0 Å². The molecule has 1 saturated carbocycles. The predicted molar refractivity (Wildman–Crippen MR) is 189 cm³/mol. The summed E-state index contributed by atoms with van der Waals surface area (Å²) in [4.78, 5) is 2.77. The predicted octanol–water partition coefficient (Wildman–Crippen LogP) is 7.55. The van der Waals surface area contributed by atoms with Gasteiger partial charge in [-0.2, -0.15) is 0 Å². The molecule has 252 valence electrons. The van der Waals surface area contributed by atoms with Gasteiger partial charge >= 0.3 is 0 Å². The number of aliphatic hydroxyl groups is 1. The first-order valence-electron chi connectivity index (χ1n) is 16.9. The minimum absolute atomic E-state index is 0.00198. The summed E-state index contributed by atoms with van der Waals surface area (Å²) < 4.78 is 42.1. The Balaban J connectivity index is 1.24. The van der Waals surface area contributed by atoms with Gasteiger partial charge in [0.15, 0.2) is 6.29 Å². The standard InChI is InChI=1S/C40H46N2O5S/c1-3-25-42(35-12-8-9-13-35)27-38-29(2)39(32-19-17-30(28-43)18-20-32)47-40(46-38)33-23-21-31(22-24-33)37-16-10-7-11-34(37)26-41-48(44,45)36-14-5-4-6-15-36/h3-7,10-11,14-24,29,35,38-41,43H,1,8-9,12-13,25-28H2,2H3/t29-,38+,39+,40+/m0/s1. The van der Waals surface area contributed by atoms with Crippen LogP contribution in [0.3, 0.4) is 0 Å². The van der Waals surface area contributed by atoms with Gasteiger partial charge in [-0.15, -0.1) is 6.58 Å². The van der Waals surface area contributed by atoms with Crippen LogP contribution in [0.5, 0.6) is 0 Å². The van der Waals surface area contributed by atoms with Crippen molar-refractivity contribution in [2.45, 2.75) is 75.2 Å². The van der Waals surface area contributed by atoms with Crippen molar-refractivity contribution in [1.82, 2.24) is 9.62 Å². The summed E-state index contributed by atoms with van der Waals surface area (Å²) in [6.45, 7) is 8.05. The molecule has 2 aliphatic rings. The fraction of sp³-hybridized carbons (Fsp3) is 0.350. The van der Waals surface area contributed by atoms with Gasteiger partial charge in [0.1, 0.15) is 0 Å². The quantitative estimate of drug-likeness (QED) is 0.143. The Morgan fingerprint density at radius 1 is 0.875 bits per heavy atom. The zero-order valence-electron chi connectivity index (χ0n) is 27.6. The minimum atomic E-state index is -3.64. The van der Waals surface area contributed by atoms with E-state index in [2.05, 4.69) is 35.3 Å². The van der Waals surface area contributed by atoms with Gasteiger partial charge in [0.25, 0.3) is 0 Å². The number of hydrogen-bond donors (Lipinski definition) is 2. The topological polar surface area (TPSA) is 88.1 Å². The number of sulfonamides is 1. The second-order valence-electron chi connectivity index (χ2n) is 12.9. The van der Waals surface area contributed by atoms with Crippen molar-refractivity contribution < 1.29 is 23.0 Å². The van der Waals surface area contributed by atoms with Crippen molar-refractivity contribution in [3.63, 3.8) is 0 Å². The maximum absolute atomic E-state index is 12.9. The molecule has 4 atom stereocenters. The van der Waals surface area contributed by atoms with Gasteiger partial charge in [-0.1, -0.05) is 117 Å². The van der Waals surface area contributed by atoms with Crippen LogP contribution in [0, 0.1) is 5.92 Å². The lowest BCUT2D eigenvalue weighted by Gasteiger charge is -2.43. The number of nitrogens with one attached hydrogen (secondary N) is 1. The summed E-state index contributed by atoms with van der Waals surface area (Å²) in [5.41, 5.74) is 5.67. The molecule has 0 aromatic heterocycles. The third kappa shape index (κ3) is 7.97. The normalized spacial score (nSPS) is 21.8. The molecule has 0 spiro atoms. The summed E-state index contributed by atoms with van der Waals surface area (Å²) >= 11 is 0. The van der Waals surface area contributed by atoms with Crippen LogP contribution in [0.15, 0.2) is 121 Å². The molecule has 0 radical (unpaired) electrons. The molecule has 2 N–H and O–H groups in total. The molecule has 0 unspecified atom stereocenters. The SMILES string of the molecule is C=CCN(C[C@H]1O[C@@H](c2ccc(-c3ccccc3CNS(=O)(=O)c3ccccc3)cc2)O[C@@H](c2ccc(CO)cc2)[C@H]1C)C1CCCC1. The molecule has 1 aliphatic heterocycles. The first-order valence-corrected chi connectivity index (χ1v) is 18.4. The Hall–Kier alpha value is -3.63. The highest BCUT2D eigenvalue weighted by Crippen LogP contribution is 2.42. The van der Waals surface area contributed by atoms with E-state index in [1.807, 2.05) is 66.7 Å². The van der Waals surface area contributed by atoms with Crippen LogP contribution in [0.25, 0.3) is 11.1 Å². The van der Waals surface area contributed by atoms with Gasteiger partial charge < -0.3 is 14.6 Å². The Bertz CT molecular complexity index is 1740. The lowest BCUT2D eigenvalue weighted by atomic mass is 9.89. The zero-order valence-corrected chi connectivity index (χ0v) is 28.4. The minimum Gasteiger partial charge on any atom is -0.392 e. The summed E-state index contributed by atoms with van der Waals surface area (Å²) in [6.07, 6.45) is 6.12. The molecule has 8 heteroatoms. The monoisotopic (exact) mass is 666 g/mol. The van der Waals surface area contributed by atoms with E-state index in [1.54, 1.807) is 30.3 Å². The summed E-state index contributed by atoms with van der Waals surface area (Å²) in [5, 5.41) is 9.62. The van der Waals surface area contributed by atoms with Gasteiger partial charge in [0.05, 0.1) is 23.7 Å². The van der Waals surface area contributed by atoms with Crippen LogP contribution < -0.4 is 4.72 Å². The summed E-state index contributed by atoms with van der Waals surface area (Å²) in [6, 6.07) is 33.0.